The standard InChI is InChI=1S/C24H20ClF3N4OS/c25-18-6-4-16(5-7-18)21-14-32-20(15-34-23(32)29-21)13-22(33)31-10-8-30(9-11-31)19-3-1-2-17(12-19)24(26,27)28/h1-7,12,14-15H,8-11,13H2. The van der Waals surface area contributed by atoms with Crippen molar-refractivity contribution < 1.29 is 18.0 Å². The number of anilines is 1. The Morgan fingerprint density at radius 3 is 2.50 bits per heavy atom. The molecule has 0 aliphatic carbocycles. The van der Waals surface area contributed by atoms with Gasteiger partial charge in [-0.15, -0.1) is 11.3 Å². The number of thiazole rings is 1. The van der Waals surface area contributed by atoms with Crippen molar-refractivity contribution in [3.8, 4) is 11.3 Å². The topological polar surface area (TPSA) is 40.9 Å². The zero-order chi connectivity index (χ0) is 23.9. The molecule has 2 aromatic heterocycles. The number of fused-ring (bicyclic) bond motifs is 1. The van der Waals surface area contributed by atoms with Gasteiger partial charge in [-0.1, -0.05) is 29.8 Å². The van der Waals surface area contributed by atoms with Crippen molar-refractivity contribution in [3.63, 3.8) is 0 Å². The quantitative estimate of drug-likeness (QED) is 0.362. The van der Waals surface area contributed by atoms with Crippen LogP contribution in [0.4, 0.5) is 18.9 Å². The maximum atomic E-state index is 13.0. The SMILES string of the molecule is O=C(Cc1csc2nc(-c3ccc(Cl)cc3)cn12)N1CCN(c2cccc(C(F)(F)F)c2)CC1. The molecule has 1 aliphatic heterocycles. The Labute approximate surface area is 203 Å². The van der Waals surface area contributed by atoms with E-state index in [-0.39, 0.29) is 12.3 Å². The number of halogens is 4. The third-order valence-corrected chi connectivity index (χ3v) is 7.07. The minimum Gasteiger partial charge on any atom is -0.368 e. The number of amides is 1. The Balaban J connectivity index is 1.24. The Bertz CT molecular complexity index is 1320. The first-order valence-electron chi connectivity index (χ1n) is 10.7. The molecule has 1 fully saturated rings. The molecule has 176 valence electrons. The normalized spacial score (nSPS) is 14.7. The number of aromatic nitrogens is 2. The van der Waals surface area contributed by atoms with Gasteiger partial charge in [-0.05, 0) is 30.3 Å². The van der Waals surface area contributed by atoms with Crippen molar-refractivity contribution in [1.29, 1.82) is 0 Å². The molecule has 0 atom stereocenters. The molecule has 1 aliphatic rings. The van der Waals surface area contributed by atoms with Crippen molar-refractivity contribution in [2.24, 2.45) is 0 Å². The van der Waals surface area contributed by atoms with E-state index in [1.807, 2.05) is 45.1 Å². The predicted octanol–water partition coefficient (Wildman–Crippen LogP) is 5.63. The van der Waals surface area contributed by atoms with Gasteiger partial charge in [0.15, 0.2) is 4.96 Å². The maximum Gasteiger partial charge on any atom is 0.416 e. The number of carbonyl (C=O) groups is 1. The van der Waals surface area contributed by atoms with E-state index < -0.39 is 11.7 Å². The highest BCUT2D eigenvalue weighted by molar-refractivity contribution is 7.15. The summed E-state index contributed by atoms with van der Waals surface area (Å²) in [4.78, 5) is 22.1. The van der Waals surface area contributed by atoms with Crippen LogP contribution in [0.15, 0.2) is 60.1 Å². The predicted molar refractivity (Wildman–Crippen MR) is 127 cm³/mol. The number of piperazine rings is 1. The molecule has 2 aromatic carbocycles. The van der Waals surface area contributed by atoms with Gasteiger partial charge in [0.05, 0.1) is 17.7 Å². The molecule has 0 spiro atoms. The van der Waals surface area contributed by atoms with Crippen LogP contribution >= 0.6 is 22.9 Å². The van der Waals surface area contributed by atoms with E-state index in [0.29, 0.717) is 36.9 Å². The van der Waals surface area contributed by atoms with E-state index in [1.165, 1.54) is 17.4 Å². The van der Waals surface area contributed by atoms with Crippen LogP contribution in [0, 0.1) is 0 Å². The zero-order valence-corrected chi connectivity index (χ0v) is 19.5. The van der Waals surface area contributed by atoms with Crippen LogP contribution in [0.25, 0.3) is 16.2 Å². The first-order chi connectivity index (χ1) is 16.3. The van der Waals surface area contributed by atoms with E-state index >= 15 is 0 Å². The smallest absolute Gasteiger partial charge is 0.368 e. The second-order valence-corrected chi connectivity index (χ2v) is 9.38. The molecule has 34 heavy (non-hydrogen) atoms. The van der Waals surface area contributed by atoms with Crippen LogP contribution in [-0.2, 0) is 17.4 Å². The lowest BCUT2D eigenvalue weighted by Crippen LogP contribution is -2.49. The minimum atomic E-state index is -4.37. The van der Waals surface area contributed by atoms with Crippen molar-refractivity contribution >= 4 is 39.5 Å². The maximum absolute atomic E-state index is 13.0. The third-order valence-electron chi connectivity index (χ3n) is 5.93. The third kappa shape index (κ3) is 4.63. The fraction of sp³-hybridized carbons (Fsp3) is 0.250. The van der Waals surface area contributed by atoms with Gasteiger partial charge >= 0.3 is 6.18 Å². The van der Waals surface area contributed by atoms with Gasteiger partial charge in [-0.2, -0.15) is 13.2 Å². The highest BCUT2D eigenvalue weighted by atomic mass is 35.5. The monoisotopic (exact) mass is 504 g/mol. The molecule has 5 nitrogen and oxygen atoms in total. The molecule has 5 rings (SSSR count). The highest BCUT2D eigenvalue weighted by Crippen LogP contribution is 2.32. The molecule has 0 unspecified atom stereocenters. The second-order valence-electron chi connectivity index (χ2n) is 8.11. The summed E-state index contributed by atoms with van der Waals surface area (Å²) < 4.78 is 41.0. The molecule has 4 aromatic rings. The summed E-state index contributed by atoms with van der Waals surface area (Å²) in [7, 11) is 0. The van der Waals surface area contributed by atoms with Crippen LogP contribution in [-0.4, -0.2) is 46.4 Å². The number of hydrogen-bond acceptors (Lipinski definition) is 4. The average Bonchev–Trinajstić information content (AvgIpc) is 3.41. The Hall–Kier alpha value is -3.04. The number of benzene rings is 2. The van der Waals surface area contributed by atoms with E-state index in [1.54, 1.807) is 11.0 Å². The number of carbonyl (C=O) groups excluding carboxylic acids is 1. The van der Waals surface area contributed by atoms with Gasteiger partial charge in [0.2, 0.25) is 5.91 Å². The van der Waals surface area contributed by atoms with Gasteiger partial charge in [-0.3, -0.25) is 9.20 Å². The lowest BCUT2D eigenvalue weighted by atomic mass is 10.1. The molecule has 0 bridgehead atoms. The Morgan fingerprint density at radius 1 is 1.06 bits per heavy atom. The highest BCUT2D eigenvalue weighted by Gasteiger charge is 2.31. The lowest BCUT2D eigenvalue weighted by molar-refractivity contribution is -0.137. The Morgan fingerprint density at radius 2 is 1.79 bits per heavy atom. The molecule has 0 radical (unpaired) electrons. The van der Waals surface area contributed by atoms with Crippen molar-refractivity contribution in [1.82, 2.24) is 14.3 Å². The zero-order valence-electron chi connectivity index (χ0n) is 17.9. The average molecular weight is 505 g/mol. The second kappa shape index (κ2) is 8.96. The minimum absolute atomic E-state index is 0.00913. The molecule has 0 N–H and O–H groups in total. The van der Waals surface area contributed by atoms with Gasteiger partial charge in [0.1, 0.15) is 0 Å². The fourth-order valence-electron chi connectivity index (χ4n) is 4.08. The van der Waals surface area contributed by atoms with Gasteiger partial charge in [0, 0.05) is 59.7 Å². The number of hydrogen-bond donors (Lipinski definition) is 0. The van der Waals surface area contributed by atoms with Gasteiger partial charge in [0.25, 0.3) is 0 Å². The lowest BCUT2D eigenvalue weighted by Gasteiger charge is -2.36. The molecular weight excluding hydrogens is 485 g/mol. The molecule has 3 heterocycles. The van der Waals surface area contributed by atoms with Crippen LogP contribution in [0.1, 0.15) is 11.3 Å². The summed E-state index contributed by atoms with van der Waals surface area (Å²) in [6, 6.07) is 12.8. The number of imidazole rings is 1. The molecule has 1 amide bonds. The van der Waals surface area contributed by atoms with Gasteiger partial charge in [-0.25, -0.2) is 4.98 Å². The van der Waals surface area contributed by atoms with Crippen LogP contribution in [0.2, 0.25) is 5.02 Å². The van der Waals surface area contributed by atoms with Gasteiger partial charge < -0.3 is 9.80 Å². The van der Waals surface area contributed by atoms with Crippen molar-refractivity contribution in [2.45, 2.75) is 12.6 Å². The van der Waals surface area contributed by atoms with E-state index in [2.05, 4.69) is 4.98 Å². The summed E-state index contributed by atoms with van der Waals surface area (Å²) in [6.07, 6.45) is -2.22. The number of alkyl halides is 3. The first-order valence-corrected chi connectivity index (χ1v) is 11.9. The number of rotatable bonds is 4. The van der Waals surface area contributed by atoms with Crippen molar-refractivity contribution in [2.75, 3.05) is 31.1 Å². The summed E-state index contributed by atoms with van der Waals surface area (Å²) in [5, 5.41) is 2.59. The molecule has 0 saturated carbocycles. The summed E-state index contributed by atoms with van der Waals surface area (Å²) in [6.45, 7) is 1.89. The summed E-state index contributed by atoms with van der Waals surface area (Å²) in [5.41, 5.74) is 2.48. The van der Waals surface area contributed by atoms with Crippen molar-refractivity contribution in [3.05, 3.63) is 76.4 Å². The number of nitrogens with zero attached hydrogens (tertiary/aromatic N) is 4. The summed E-state index contributed by atoms with van der Waals surface area (Å²) in [5.74, 6) is -0.00913. The fourth-order valence-corrected chi connectivity index (χ4v) is 5.07. The van der Waals surface area contributed by atoms with E-state index in [4.69, 9.17) is 11.6 Å². The van der Waals surface area contributed by atoms with E-state index in [9.17, 15) is 18.0 Å². The first kappa shape index (κ1) is 22.7. The van der Waals surface area contributed by atoms with E-state index in [0.717, 1.165) is 34.0 Å². The summed E-state index contributed by atoms with van der Waals surface area (Å²) >= 11 is 7.45. The van der Waals surface area contributed by atoms with Crippen LogP contribution in [0.3, 0.4) is 0 Å². The van der Waals surface area contributed by atoms with Crippen LogP contribution < -0.4 is 4.90 Å². The van der Waals surface area contributed by atoms with Crippen LogP contribution in [0.5, 0.6) is 0 Å². The molecular formula is C24H20ClF3N4OS. The largest absolute Gasteiger partial charge is 0.416 e. The Kier molecular flexibility index (Phi) is 5.99. The molecule has 1 saturated heterocycles. The molecule has 10 heteroatoms.